The van der Waals surface area contributed by atoms with Crippen molar-refractivity contribution in [2.24, 2.45) is 5.92 Å². The number of nitrogen functional groups attached to an aromatic ring is 1. The van der Waals surface area contributed by atoms with Gasteiger partial charge in [-0.05, 0) is 24.1 Å². The molecule has 110 valence electrons. The standard InChI is InChI=1S/C13H19N3O3S/c1-10(2)9-19-6-5-16-20(17,18)13-4-3-12(15)7-11(13)8-14/h3-4,7,10,16H,5-6,9,15H2,1-2H3. The van der Waals surface area contributed by atoms with Gasteiger partial charge in [-0.25, -0.2) is 13.1 Å². The first-order valence-electron chi connectivity index (χ1n) is 6.24. The van der Waals surface area contributed by atoms with E-state index in [1.165, 1.54) is 18.2 Å². The molecular weight excluding hydrogens is 278 g/mol. The van der Waals surface area contributed by atoms with Crippen molar-refractivity contribution in [3.8, 4) is 6.07 Å². The number of sulfonamides is 1. The molecular formula is C13H19N3O3S. The van der Waals surface area contributed by atoms with Gasteiger partial charge in [-0.3, -0.25) is 0 Å². The molecule has 0 radical (unpaired) electrons. The van der Waals surface area contributed by atoms with E-state index in [0.717, 1.165) is 0 Å². The molecule has 3 N–H and O–H groups in total. The van der Waals surface area contributed by atoms with E-state index in [2.05, 4.69) is 4.72 Å². The van der Waals surface area contributed by atoms with Crippen molar-refractivity contribution in [2.45, 2.75) is 18.7 Å². The van der Waals surface area contributed by atoms with Gasteiger partial charge in [-0.1, -0.05) is 13.8 Å². The van der Waals surface area contributed by atoms with Crippen molar-refractivity contribution in [1.29, 1.82) is 5.26 Å². The Labute approximate surface area is 119 Å². The zero-order valence-corrected chi connectivity index (χ0v) is 12.4. The average Bonchev–Trinajstić information content (AvgIpc) is 2.37. The summed E-state index contributed by atoms with van der Waals surface area (Å²) in [5.74, 6) is 0.397. The molecule has 20 heavy (non-hydrogen) atoms. The van der Waals surface area contributed by atoms with E-state index >= 15 is 0 Å². The Kier molecular flexibility index (Phi) is 5.95. The number of anilines is 1. The van der Waals surface area contributed by atoms with Crippen molar-refractivity contribution in [3.05, 3.63) is 23.8 Å². The summed E-state index contributed by atoms with van der Waals surface area (Å²) in [5.41, 5.74) is 5.90. The molecule has 7 heteroatoms. The van der Waals surface area contributed by atoms with Gasteiger partial charge in [0.25, 0.3) is 0 Å². The second kappa shape index (κ2) is 7.24. The first kappa shape index (κ1) is 16.4. The summed E-state index contributed by atoms with van der Waals surface area (Å²) in [4.78, 5) is -0.0712. The second-order valence-electron chi connectivity index (χ2n) is 4.73. The third-order valence-electron chi connectivity index (χ3n) is 2.40. The number of hydrogen-bond donors (Lipinski definition) is 2. The molecule has 0 atom stereocenters. The van der Waals surface area contributed by atoms with Crippen LogP contribution in [0.1, 0.15) is 19.4 Å². The summed E-state index contributed by atoms with van der Waals surface area (Å²) in [6, 6.07) is 5.94. The Morgan fingerprint density at radius 1 is 1.45 bits per heavy atom. The molecule has 0 saturated heterocycles. The van der Waals surface area contributed by atoms with Crippen LogP contribution in [0.2, 0.25) is 0 Å². The molecule has 0 spiro atoms. The highest BCUT2D eigenvalue weighted by molar-refractivity contribution is 7.89. The lowest BCUT2D eigenvalue weighted by Crippen LogP contribution is -2.28. The van der Waals surface area contributed by atoms with Crippen molar-refractivity contribution < 1.29 is 13.2 Å². The molecule has 0 aromatic heterocycles. The van der Waals surface area contributed by atoms with Crippen LogP contribution in [0.4, 0.5) is 5.69 Å². The monoisotopic (exact) mass is 297 g/mol. The van der Waals surface area contributed by atoms with Crippen LogP contribution in [0.3, 0.4) is 0 Å². The van der Waals surface area contributed by atoms with E-state index in [1.54, 1.807) is 0 Å². The lowest BCUT2D eigenvalue weighted by molar-refractivity contribution is 0.114. The summed E-state index contributed by atoms with van der Waals surface area (Å²) in [6.07, 6.45) is 0. The van der Waals surface area contributed by atoms with Gasteiger partial charge >= 0.3 is 0 Å². The fourth-order valence-electron chi connectivity index (χ4n) is 1.51. The van der Waals surface area contributed by atoms with Crippen molar-refractivity contribution in [3.63, 3.8) is 0 Å². The maximum absolute atomic E-state index is 12.1. The van der Waals surface area contributed by atoms with E-state index < -0.39 is 10.0 Å². The SMILES string of the molecule is CC(C)COCCNS(=O)(=O)c1ccc(N)cc1C#N. The summed E-state index contributed by atoms with van der Waals surface area (Å²) in [5, 5.41) is 8.95. The molecule has 0 saturated carbocycles. The quantitative estimate of drug-likeness (QED) is 0.579. The van der Waals surface area contributed by atoms with Gasteiger partial charge < -0.3 is 10.5 Å². The lowest BCUT2D eigenvalue weighted by atomic mass is 10.2. The molecule has 1 aromatic carbocycles. The molecule has 1 aromatic rings. The molecule has 0 aliphatic carbocycles. The van der Waals surface area contributed by atoms with Gasteiger partial charge in [0, 0.05) is 18.8 Å². The van der Waals surface area contributed by atoms with Crippen molar-refractivity contribution in [2.75, 3.05) is 25.5 Å². The second-order valence-corrected chi connectivity index (χ2v) is 6.47. The van der Waals surface area contributed by atoms with Crippen LogP contribution in [0.15, 0.2) is 23.1 Å². The van der Waals surface area contributed by atoms with E-state index in [0.29, 0.717) is 18.2 Å². The van der Waals surface area contributed by atoms with E-state index in [4.69, 9.17) is 15.7 Å². The molecule has 6 nitrogen and oxygen atoms in total. The number of rotatable bonds is 7. The number of ether oxygens (including phenoxy) is 1. The minimum atomic E-state index is -3.73. The zero-order valence-electron chi connectivity index (χ0n) is 11.6. The number of hydrogen-bond acceptors (Lipinski definition) is 5. The summed E-state index contributed by atoms with van der Waals surface area (Å²) >= 11 is 0. The maximum atomic E-state index is 12.1. The molecule has 0 bridgehead atoms. The Morgan fingerprint density at radius 2 is 2.15 bits per heavy atom. The molecule has 0 unspecified atom stereocenters. The van der Waals surface area contributed by atoms with Gasteiger partial charge in [0.1, 0.15) is 6.07 Å². The fraction of sp³-hybridized carbons (Fsp3) is 0.462. The van der Waals surface area contributed by atoms with Crippen LogP contribution < -0.4 is 10.5 Å². The molecule has 1 rings (SSSR count). The van der Waals surface area contributed by atoms with Crippen LogP contribution in [0, 0.1) is 17.2 Å². The third-order valence-corrected chi connectivity index (χ3v) is 3.92. The number of nitrogens with zero attached hydrogens (tertiary/aromatic N) is 1. The van der Waals surface area contributed by atoms with Gasteiger partial charge in [-0.15, -0.1) is 0 Å². The van der Waals surface area contributed by atoms with Crippen LogP contribution in [0.5, 0.6) is 0 Å². The molecule has 0 fully saturated rings. The van der Waals surface area contributed by atoms with Gasteiger partial charge in [0.2, 0.25) is 10.0 Å². The van der Waals surface area contributed by atoms with Crippen molar-refractivity contribution >= 4 is 15.7 Å². The average molecular weight is 297 g/mol. The molecule has 0 aliphatic heterocycles. The van der Waals surface area contributed by atoms with E-state index in [9.17, 15) is 8.42 Å². The number of nitriles is 1. The van der Waals surface area contributed by atoms with Crippen LogP contribution in [-0.2, 0) is 14.8 Å². The third kappa shape index (κ3) is 4.81. The summed E-state index contributed by atoms with van der Waals surface area (Å²) in [7, 11) is -3.73. The van der Waals surface area contributed by atoms with Crippen LogP contribution in [0.25, 0.3) is 0 Å². The highest BCUT2D eigenvalue weighted by Crippen LogP contribution is 2.17. The first-order chi connectivity index (χ1) is 9.36. The van der Waals surface area contributed by atoms with Crippen LogP contribution in [-0.4, -0.2) is 28.2 Å². The highest BCUT2D eigenvalue weighted by atomic mass is 32.2. The molecule has 0 amide bonds. The predicted octanol–water partition coefficient (Wildman–Crippen LogP) is 1.09. The minimum absolute atomic E-state index is 0.0283. The van der Waals surface area contributed by atoms with Gasteiger partial charge in [0.15, 0.2) is 0 Å². The normalized spacial score (nSPS) is 11.5. The van der Waals surface area contributed by atoms with Gasteiger partial charge in [0.05, 0.1) is 17.1 Å². The van der Waals surface area contributed by atoms with E-state index in [1.807, 2.05) is 19.9 Å². The Bertz CT molecular complexity index is 591. The highest BCUT2D eigenvalue weighted by Gasteiger charge is 2.18. The van der Waals surface area contributed by atoms with Gasteiger partial charge in [-0.2, -0.15) is 5.26 Å². The Morgan fingerprint density at radius 3 is 2.75 bits per heavy atom. The molecule has 0 heterocycles. The summed E-state index contributed by atoms with van der Waals surface area (Å²) in [6.45, 7) is 5.04. The Balaban J connectivity index is 2.68. The van der Waals surface area contributed by atoms with Crippen LogP contribution >= 0.6 is 0 Å². The zero-order chi connectivity index (χ0) is 15.2. The Hall–Kier alpha value is -1.62. The topological polar surface area (TPSA) is 105 Å². The number of nitrogens with one attached hydrogen (secondary N) is 1. The minimum Gasteiger partial charge on any atom is -0.399 e. The number of benzene rings is 1. The largest absolute Gasteiger partial charge is 0.399 e. The van der Waals surface area contributed by atoms with Crippen molar-refractivity contribution in [1.82, 2.24) is 4.72 Å². The number of nitrogens with two attached hydrogens (primary N) is 1. The lowest BCUT2D eigenvalue weighted by Gasteiger charge is -2.10. The predicted molar refractivity (Wildman–Crippen MR) is 76.4 cm³/mol. The fourth-order valence-corrected chi connectivity index (χ4v) is 2.66. The van der Waals surface area contributed by atoms with E-state index in [-0.39, 0.29) is 23.6 Å². The first-order valence-corrected chi connectivity index (χ1v) is 7.72. The molecule has 0 aliphatic rings. The summed E-state index contributed by atoms with van der Waals surface area (Å²) < 4.78 is 31.8. The maximum Gasteiger partial charge on any atom is 0.241 e. The smallest absolute Gasteiger partial charge is 0.241 e.